The molecule has 2 amide bonds. The molecule has 1 aromatic carbocycles. The summed E-state index contributed by atoms with van der Waals surface area (Å²) >= 11 is 0. The highest BCUT2D eigenvalue weighted by molar-refractivity contribution is 5.96. The topological polar surface area (TPSA) is 84.2 Å². The third kappa shape index (κ3) is 5.40. The Bertz CT molecular complexity index is 455. The summed E-state index contributed by atoms with van der Waals surface area (Å²) in [6.45, 7) is 5.76. The summed E-state index contributed by atoms with van der Waals surface area (Å²) in [6, 6.07) is 6.78. The second-order valence-electron chi connectivity index (χ2n) is 5.13. The minimum atomic E-state index is -0.120. The van der Waals surface area contributed by atoms with Gasteiger partial charge in [-0.2, -0.15) is 0 Å². The normalized spacial score (nSPS) is 12.1. The van der Waals surface area contributed by atoms with Gasteiger partial charge in [0.15, 0.2) is 0 Å². The summed E-state index contributed by atoms with van der Waals surface area (Å²) in [7, 11) is 0. The molecule has 5 heteroatoms. The summed E-state index contributed by atoms with van der Waals surface area (Å²) in [4.78, 5) is 23.4. The van der Waals surface area contributed by atoms with Crippen LogP contribution in [-0.2, 0) is 4.79 Å². The fraction of sp³-hybridized carbons (Fsp3) is 0.467. The van der Waals surface area contributed by atoms with Crippen LogP contribution < -0.4 is 16.4 Å². The number of anilines is 1. The number of carbonyl (C=O) groups excluding carboxylic acids is 2. The maximum absolute atomic E-state index is 11.8. The first kappa shape index (κ1) is 16.2. The third-order valence-corrected chi connectivity index (χ3v) is 2.82. The molecule has 1 rings (SSSR count). The molecule has 1 aromatic rings. The Morgan fingerprint density at radius 2 is 1.80 bits per heavy atom. The molecular formula is C15H23N3O2. The summed E-state index contributed by atoms with van der Waals surface area (Å²) < 4.78 is 0. The average Bonchev–Trinajstić information content (AvgIpc) is 2.38. The first-order chi connectivity index (χ1) is 9.42. The molecule has 110 valence electrons. The Balaban J connectivity index is 2.58. The number of hydrogen-bond donors (Lipinski definition) is 3. The van der Waals surface area contributed by atoms with Crippen LogP contribution >= 0.6 is 0 Å². The first-order valence-electron chi connectivity index (χ1n) is 6.88. The average molecular weight is 277 g/mol. The molecule has 0 radical (unpaired) electrons. The molecule has 0 saturated carbocycles. The van der Waals surface area contributed by atoms with Crippen molar-refractivity contribution in [2.24, 2.45) is 5.73 Å². The predicted octanol–water partition coefficient (Wildman–Crippen LogP) is 1.89. The number of carbonyl (C=O) groups is 2. The molecule has 20 heavy (non-hydrogen) atoms. The maximum Gasteiger partial charge on any atom is 0.251 e. The third-order valence-electron chi connectivity index (χ3n) is 2.82. The Morgan fingerprint density at radius 1 is 1.20 bits per heavy atom. The van der Waals surface area contributed by atoms with Crippen molar-refractivity contribution in [1.82, 2.24) is 5.32 Å². The lowest BCUT2D eigenvalue weighted by Gasteiger charge is -2.11. The number of nitrogens with two attached hydrogens (primary N) is 1. The maximum atomic E-state index is 11.8. The molecular weight excluding hydrogens is 254 g/mol. The molecule has 5 nitrogen and oxygen atoms in total. The van der Waals surface area contributed by atoms with Gasteiger partial charge in [-0.05, 0) is 44.5 Å². The highest BCUT2D eigenvalue weighted by Gasteiger charge is 2.09. The van der Waals surface area contributed by atoms with Crippen molar-refractivity contribution in [2.75, 3.05) is 5.32 Å². The Kier molecular flexibility index (Phi) is 6.18. The van der Waals surface area contributed by atoms with Gasteiger partial charge in [0.2, 0.25) is 5.91 Å². The Morgan fingerprint density at radius 3 is 2.30 bits per heavy atom. The number of amides is 2. The van der Waals surface area contributed by atoms with E-state index in [9.17, 15) is 9.59 Å². The zero-order valence-corrected chi connectivity index (χ0v) is 12.3. The minimum Gasteiger partial charge on any atom is -0.350 e. The molecule has 0 bridgehead atoms. The van der Waals surface area contributed by atoms with Crippen LogP contribution in [0.2, 0.25) is 0 Å². The van der Waals surface area contributed by atoms with Crippen molar-refractivity contribution >= 4 is 17.5 Å². The van der Waals surface area contributed by atoms with Crippen LogP contribution in [0.5, 0.6) is 0 Å². The van der Waals surface area contributed by atoms with Gasteiger partial charge in [0.05, 0.1) is 0 Å². The van der Waals surface area contributed by atoms with E-state index in [1.54, 1.807) is 24.3 Å². The van der Waals surface area contributed by atoms with Gasteiger partial charge in [0, 0.05) is 29.8 Å². The molecule has 0 saturated heterocycles. The summed E-state index contributed by atoms with van der Waals surface area (Å²) in [5, 5.41) is 5.57. The summed E-state index contributed by atoms with van der Waals surface area (Å²) in [6.07, 6.45) is 1.06. The fourth-order valence-corrected chi connectivity index (χ4v) is 1.64. The van der Waals surface area contributed by atoms with Crippen molar-refractivity contribution in [2.45, 2.75) is 45.7 Å². The van der Waals surface area contributed by atoms with Gasteiger partial charge in [-0.25, -0.2) is 0 Å². The lowest BCUT2D eigenvalue weighted by molar-refractivity contribution is -0.116. The quantitative estimate of drug-likeness (QED) is 0.742. The Labute approximate surface area is 119 Å². The zero-order valence-electron chi connectivity index (χ0n) is 12.3. The van der Waals surface area contributed by atoms with E-state index in [1.807, 2.05) is 20.8 Å². The molecule has 0 aromatic heterocycles. The van der Waals surface area contributed by atoms with Crippen LogP contribution in [0.3, 0.4) is 0 Å². The van der Waals surface area contributed by atoms with Crippen molar-refractivity contribution in [3.63, 3.8) is 0 Å². The van der Waals surface area contributed by atoms with Crippen LogP contribution in [0.1, 0.15) is 44.0 Å². The van der Waals surface area contributed by atoms with Gasteiger partial charge < -0.3 is 16.4 Å². The molecule has 0 aliphatic rings. The van der Waals surface area contributed by atoms with E-state index in [2.05, 4.69) is 10.6 Å². The second-order valence-corrected chi connectivity index (χ2v) is 5.13. The molecule has 0 spiro atoms. The van der Waals surface area contributed by atoms with Crippen LogP contribution in [0.15, 0.2) is 24.3 Å². The minimum absolute atomic E-state index is 0.0948. The molecule has 1 atom stereocenters. The number of hydrogen-bond acceptors (Lipinski definition) is 3. The highest BCUT2D eigenvalue weighted by Crippen LogP contribution is 2.10. The Hall–Kier alpha value is -1.88. The van der Waals surface area contributed by atoms with Gasteiger partial charge in [-0.15, -0.1) is 0 Å². The first-order valence-corrected chi connectivity index (χ1v) is 6.88. The summed E-state index contributed by atoms with van der Waals surface area (Å²) in [5.74, 6) is -0.232. The highest BCUT2D eigenvalue weighted by atomic mass is 16.2. The van der Waals surface area contributed by atoms with E-state index >= 15 is 0 Å². The standard InChI is InChI=1S/C15H23N3O2/c1-4-12(16)9-14(19)18-13-7-5-11(6-8-13)15(20)17-10(2)3/h5-8,10,12H,4,9,16H2,1-3H3,(H,17,20)(H,18,19). The van der Waals surface area contributed by atoms with Crippen molar-refractivity contribution in [1.29, 1.82) is 0 Å². The van der Waals surface area contributed by atoms with Crippen LogP contribution in [0.25, 0.3) is 0 Å². The van der Waals surface area contributed by atoms with Crippen LogP contribution in [0.4, 0.5) is 5.69 Å². The van der Waals surface area contributed by atoms with E-state index in [0.717, 1.165) is 6.42 Å². The molecule has 0 aliphatic carbocycles. The van der Waals surface area contributed by atoms with Gasteiger partial charge in [-0.1, -0.05) is 6.92 Å². The molecule has 0 aliphatic heterocycles. The van der Waals surface area contributed by atoms with Gasteiger partial charge >= 0.3 is 0 Å². The monoisotopic (exact) mass is 277 g/mol. The SMILES string of the molecule is CCC(N)CC(=O)Nc1ccc(C(=O)NC(C)C)cc1. The smallest absolute Gasteiger partial charge is 0.251 e. The van der Waals surface area contributed by atoms with E-state index in [1.165, 1.54) is 0 Å². The van der Waals surface area contributed by atoms with E-state index in [0.29, 0.717) is 17.7 Å². The zero-order chi connectivity index (χ0) is 15.1. The van der Waals surface area contributed by atoms with Crippen molar-refractivity contribution in [3.05, 3.63) is 29.8 Å². The second kappa shape index (κ2) is 7.65. The largest absolute Gasteiger partial charge is 0.350 e. The van der Waals surface area contributed by atoms with Crippen molar-refractivity contribution < 1.29 is 9.59 Å². The van der Waals surface area contributed by atoms with E-state index in [4.69, 9.17) is 5.73 Å². The lowest BCUT2D eigenvalue weighted by Crippen LogP contribution is -2.30. The van der Waals surface area contributed by atoms with Crippen LogP contribution in [-0.4, -0.2) is 23.9 Å². The predicted molar refractivity (Wildman–Crippen MR) is 80.6 cm³/mol. The molecule has 0 fully saturated rings. The van der Waals surface area contributed by atoms with Gasteiger partial charge in [-0.3, -0.25) is 9.59 Å². The fourth-order valence-electron chi connectivity index (χ4n) is 1.64. The lowest BCUT2D eigenvalue weighted by atomic mass is 10.1. The number of nitrogens with one attached hydrogen (secondary N) is 2. The number of benzene rings is 1. The van der Waals surface area contributed by atoms with Gasteiger partial charge in [0.25, 0.3) is 5.91 Å². The van der Waals surface area contributed by atoms with Crippen LogP contribution in [0, 0.1) is 0 Å². The number of rotatable bonds is 6. The van der Waals surface area contributed by atoms with Gasteiger partial charge in [0.1, 0.15) is 0 Å². The van der Waals surface area contributed by atoms with Crippen molar-refractivity contribution in [3.8, 4) is 0 Å². The van der Waals surface area contributed by atoms with E-state index in [-0.39, 0.29) is 23.9 Å². The molecule has 0 heterocycles. The summed E-state index contributed by atoms with van der Waals surface area (Å²) in [5.41, 5.74) is 6.96. The molecule has 1 unspecified atom stereocenters. The van der Waals surface area contributed by atoms with E-state index < -0.39 is 0 Å². The molecule has 4 N–H and O–H groups in total.